The molecule has 0 spiro atoms. The van der Waals surface area contributed by atoms with Gasteiger partial charge in [-0.05, 0) is 56.2 Å². The molecule has 44 heavy (non-hydrogen) atoms. The van der Waals surface area contributed by atoms with Gasteiger partial charge in [-0.1, -0.05) is 25.5 Å². The third-order valence-corrected chi connectivity index (χ3v) is 9.48. The number of hydrogen-bond donors (Lipinski definition) is 1. The van der Waals surface area contributed by atoms with Crippen molar-refractivity contribution in [2.75, 3.05) is 32.8 Å². The lowest BCUT2D eigenvalue weighted by molar-refractivity contribution is -0.144. The maximum absolute atomic E-state index is 13.1. The Balaban J connectivity index is 1.48. The highest BCUT2D eigenvalue weighted by molar-refractivity contribution is 7.98. The number of carbonyl (C=O) groups excluding carboxylic acids is 1. The number of unbranched alkanes of at least 4 members (excludes halogenated alkanes) is 1. The van der Waals surface area contributed by atoms with Gasteiger partial charge in [0.1, 0.15) is 10.8 Å². The number of amides is 1. The number of hydrogen-bond acceptors (Lipinski definition) is 8. The fourth-order valence-corrected chi connectivity index (χ4v) is 6.65. The summed E-state index contributed by atoms with van der Waals surface area (Å²) in [5.41, 5.74) is 1.57. The van der Waals surface area contributed by atoms with E-state index in [-0.39, 0.29) is 6.09 Å². The molecule has 0 radical (unpaired) electrons. The molecule has 2 heterocycles. The van der Waals surface area contributed by atoms with Crippen LogP contribution >= 0.6 is 23.1 Å². The second-order valence-corrected chi connectivity index (χ2v) is 12.6. The van der Waals surface area contributed by atoms with Crippen molar-refractivity contribution in [1.29, 1.82) is 0 Å². The summed E-state index contributed by atoms with van der Waals surface area (Å²) in [6.07, 6.45) is -3.89. The molecular weight excluding hydrogens is 615 g/mol. The molecule has 0 bridgehead atoms. The van der Waals surface area contributed by atoms with Crippen LogP contribution in [0.25, 0.3) is 10.6 Å². The van der Waals surface area contributed by atoms with Crippen LogP contribution in [0, 0.1) is 6.92 Å². The quantitative estimate of drug-likeness (QED) is 0.161. The number of nitrogens with zero attached hydrogens (tertiary/aromatic N) is 3. The second-order valence-electron chi connectivity index (χ2n) is 10.5. The Morgan fingerprint density at radius 3 is 2.43 bits per heavy atom. The van der Waals surface area contributed by atoms with Crippen LogP contribution in [-0.2, 0) is 28.0 Å². The SMILES string of the molecule is CCCCOC(=O)N1CCN(Cc2nc(-c3ccc(C(F)(F)F)cc3)sc2CSc2ccc(OC(C)C(=O)O)c(C)c2)CC1. The van der Waals surface area contributed by atoms with Crippen molar-refractivity contribution in [3.63, 3.8) is 0 Å². The zero-order chi connectivity index (χ0) is 31.9. The van der Waals surface area contributed by atoms with Crippen LogP contribution < -0.4 is 4.74 Å². The van der Waals surface area contributed by atoms with E-state index < -0.39 is 23.8 Å². The number of thiazole rings is 1. The van der Waals surface area contributed by atoms with E-state index in [2.05, 4.69) is 4.90 Å². The van der Waals surface area contributed by atoms with Crippen LogP contribution in [0.3, 0.4) is 0 Å². The molecule has 0 saturated carbocycles. The third kappa shape index (κ3) is 9.12. The van der Waals surface area contributed by atoms with Crippen molar-refractivity contribution < 1.29 is 37.3 Å². The Morgan fingerprint density at radius 1 is 1.11 bits per heavy atom. The fraction of sp³-hybridized carbons (Fsp3) is 0.452. The van der Waals surface area contributed by atoms with E-state index in [1.54, 1.807) is 22.7 Å². The molecule has 1 fully saturated rings. The fourth-order valence-electron chi connectivity index (χ4n) is 4.47. The first kappa shape index (κ1) is 33.6. The van der Waals surface area contributed by atoms with Gasteiger partial charge < -0.3 is 19.5 Å². The first-order valence-electron chi connectivity index (χ1n) is 14.4. The number of carboxylic acid groups (broad SMARTS) is 1. The zero-order valence-corrected chi connectivity index (χ0v) is 26.5. The molecule has 1 saturated heterocycles. The summed E-state index contributed by atoms with van der Waals surface area (Å²) >= 11 is 3.04. The molecule has 1 aliphatic heterocycles. The molecule has 4 rings (SSSR count). The predicted molar refractivity (Wildman–Crippen MR) is 164 cm³/mol. The number of ether oxygens (including phenoxy) is 2. The van der Waals surface area contributed by atoms with Crippen molar-refractivity contribution >= 4 is 35.2 Å². The average Bonchev–Trinajstić information content (AvgIpc) is 3.39. The Labute approximate surface area is 263 Å². The van der Waals surface area contributed by atoms with Crippen LogP contribution in [0.4, 0.5) is 18.0 Å². The molecule has 1 N–H and O–H groups in total. The number of aliphatic carboxylic acids is 1. The highest BCUT2D eigenvalue weighted by atomic mass is 32.2. The van der Waals surface area contributed by atoms with Crippen LogP contribution in [0.1, 0.15) is 48.4 Å². The van der Waals surface area contributed by atoms with Crippen molar-refractivity contribution in [1.82, 2.24) is 14.8 Å². The largest absolute Gasteiger partial charge is 0.479 e. The third-order valence-electron chi connectivity index (χ3n) is 7.13. The van der Waals surface area contributed by atoms with Crippen molar-refractivity contribution in [3.8, 4) is 16.3 Å². The van der Waals surface area contributed by atoms with Crippen LogP contribution in [0.2, 0.25) is 0 Å². The molecule has 2 aromatic carbocycles. The minimum absolute atomic E-state index is 0.294. The van der Waals surface area contributed by atoms with E-state index in [1.165, 1.54) is 30.4 Å². The van der Waals surface area contributed by atoms with Gasteiger partial charge in [-0.3, -0.25) is 4.90 Å². The topological polar surface area (TPSA) is 92.2 Å². The van der Waals surface area contributed by atoms with Crippen LogP contribution in [-0.4, -0.2) is 70.8 Å². The monoisotopic (exact) mass is 651 g/mol. The Bertz CT molecular complexity index is 1420. The minimum atomic E-state index is -4.41. The number of benzene rings is 2. The van der Waals surface area contributed by atoms with E-state index in [0.717, 1.165) is 46.0 Å². The summed E-state index contributed by atoms with van der Waals surface area (Å²) in [4.78, 5) is 34.3. The number of rotatable bonds is 12. The van der Waals surface area contributed by atoms with E-state index in [4.69, 9.17) is 19.6 Å². The van der Waals surface area contributed by atoms with Gasteiger partial charge in [0.15, 0.2) is 6.10 Å². The van der Waals surface area contributed by atoms with Gasteiger partial charge in [0.05, 0.1) is 17.9 Å². The van der Waals surface area contributed by atoms with E-state index >= 15 is 0 Å². The Hall–Kier alpha value is -3.29. The number of halogens is 3. The van der Waals surface area contributed by atoms with E-state index in [9.17, 15) is 22.8 Å². The van der Waals surface area contributed by atoms with Gasteiger partial charge in [-0.2, -0.15) is 13.2 Å². The van der Waals surface area contributed by atoms with Crippen LogP contribution in [0.15, 0.2) is 47.4 Å². The van der Waals surface area contributed by atoms with Gasteiger partial charge >= 0.3 is 18.2 Å². The molecular formula is C31H36F3N3O5S2. The second kappa shape index (κ2) is 15.1. The molecule has 1 aromatic heterocycles. The number of thioether (sulfide) groups is 1. The summed E-state index contributed by atoms with van der Waals surface area (Å²) in [5.74, 6) is 0.0427. The van der Waals surface area contributed by atoms with Gasteiger partial charge in [-0.25, -0.2) is 14.6 Å². The highest BCUT2D eigenvalue weighted by Gasteiger charge is 2.30. The molecule has 8 nitrogen and oxygen atoms in total. The van der Waals surface area contributed by atoms with E-state index in [1.807, 2.05) is 26.0 Å². The van der Waals surface area contributed by atoms with Crippen molar-refractivity contribution in [2.24, 2.45) is 0 Å². The molecule has 3 aromatic rings. The number of alkyl halides is 3. The summed E-state index contributed by atoms with van der Waals surface area (Å²) in [7, 11) is 0. The van der Waals surface area contributed by atoms with Gasteiger partial charge in [-0.15, -0.1) is 23.1 Å². The molecule has 238 valence electrons. The zero-order valence-electron chi connectivity index (χ0n) is 24.9. The smallest absolute Gasteiger partial charge is 0.416 e. The molecule has 1 unspecified atom stereocenters. The maximum Gasteiger partial charge on any atom is 0.416 e. The Morgan fingerprint density at radius 2 is 1.82 bits per heavy atom. The number of carboxylic acids is 1. The van der Waals surface area contributed by atoms with Crippen LogP contribution in [0.5, 0.6) is 5.75 Å². The maximum atomic E-state index is 13.1. The van der Waals surface area contributed by atoms with Gasteiger partial charge in [0.2, 0.25) is 0 Å². The first-order chi connectivity index (χ1) is 20.9. The normalized spacial score (nSPS) is 14.8. The number of aromatic nitrogens is 1. The lowest BCUT2D eigenvalue weighted by Crippen LogP contribution is -2.48. The lowest BCUT2D eigenvalue weighted by atomic mass is 10.1. The summed E-state index contributed by atoms with van der Waals surface area (Å²) in [6.45, 7) is 8.72. The van der Waals surface area contributed by atoms with Crippen molar-refractivity contribution in [2.45, 2.75) is 63.1 Å². The molecule has 1 atom stereocenters. The predicted octanol–water partition coefficient (Wildman–Crippen LogP) is 7.34. The van der Waals surface area contributed by atoms with Gasteiger partial charge in [0, 0.05) is 53.8 Å². The Kier molecular flexibility index (Phi) is 11.6. The molecule has 0 aliphatic carbocycles. The highest BCUT2D eigenvalue weighted by Crippen LogP contribution is 2.36. The first-order valence-corrected chi connectivity index (χ1v) is 16.2. The average molecular weight is 652 g/mol. The summed E-state index contributed by atoms with van der Waals surface area (Å²) in [5, 5.41) is 9.79. The van der Waals surface area contributed by atoms with E-state index in [0.29, 0.717) is 61.4 Å². The number of carbonyl (C=O) groups is 2. The lowest BCUT2D eigenvalue weighted by Gasteiger charge is -2.33. The number of aryl methyl sites for hydroxylation is 1. The number of piperazine rings is 1. The molecule has 1 aliphatic rings. The standard InChI is InChI=1S/C31H36F3N3O5S2/c1-4-5-16-41-30(40)37-14-12-36(13-15-37)18-25-27(44-28(35-25)22-6-8-23(9-7-22)31(32,33)34)19-43-24-10-11-26(20(2)17-24)42-21(3)29(38)39/h6-11,17,21H,4-5,12-16,18-19H2,1-3H3,(H,38,39). The molecule has 1 amide bonds. The van der Waals surface area contributed by atoms with Gasteiger partial charge in [0.25, 0.3) is 0 Å². The summed E-state index contributed by atoms with van der Waals surface area (Å²) < 4.78 is 50.3. The molecule has 13 heteroatoms. The minimum Gasteiger partial charge on any atom is -0.479 e. The van der Waals surface area contributed by atoms with Crippen molar-refractivity contribution in [3.05, 3.63) is 64.2 Å². The summed E-state index contributed by atoms with van der Waals surface area (Å²) in [6, 6.07) is 10.6.